The molecule has 0 bridgehead atoms. The molecule has 9 nitrogen and oxygen atoms in total. The molecule has 3 aromatic rings. The number of amides is 2. The Bertz CT molecular complexity index is 1160. The van der Waals surface area contributed by atoms with Crippen molar-refractivity contribution in [3.63, 3.8) is 0 Å². The lowest BCUT2D eigenvalue weighted by Crippen LogP contribution is -2.40. The molecular formula is C22H28N8O. The monoisotopic (exact) mass is 420 g/mol. The molecule has 2 amide bonds. The topological polar surface area (TPSA) is 107 Å². The Hall–Kier alpha value is -3.36. The summed E-state index contributed by atoms with van der Waals surface area (Å²) in [5.74, 6) is 0.483. The minimum Gasteiger partial charge on any atom is -0.383 e. The van der Waals surface area contributed by atoms with Crippen molar-refractivity contribution in [2.45, 2.75) is 38.6 Å². The summed E-state index contributed by atoms with van der Waals surface area (Å²) >= 11 is 0. The summed E-state index contributed by atoms with van der Waals surface area (Å²) in [5, 5.41) is 12.1. The molecule has 1 saturated heterocycles. The molecule has 5 rings (SSSR count). The number of carbonyl (C=O) groups is 1. The molecule has 1 spiro atoms. The first-order chi connectivity index (χ1) is 14.9. The van der Waals surface area contributed by atoms with Gasteiger partial charge in [-0.15, -0.1) is 0 Å². The number of rotatable bonds is 3. The van der Waals surface area contributed by atoms with Gasteiger partial charge in [0, 0.05) is 72.9 Å². The van der Waals surface area contributed by atoms with Gasteiger partial charge in [0.05, 0.1) is 11.9 Å². The van der Waals surface area contributed by atoms with Crippen LogP contribution in [0.4, 0.5) is 10.6 Å². The Morgan fingerprint density at radius 2 is 2.03 bits per heavy atom. The van der Waals surface area contributed by atoms with Crippen molar-refractivity contribution in [1.29, 1.82) is 0 Å². The van der Waals surface area contributed by atoms with Crippen molar-refractivity contribution < 1.29 is 4.79 Å². The van der Waals surface area contributed by atoms with Gasteiger partial charge in [-0.2, -0.15) is 10.2 Å². The summed E-state index contributed by atoms with van der Waals surface area (Å²) in [6.07, 6.45) is 5.59. The van der Waals surface area contributed by atoms with E-state index in [0.717, 1.165) is 60.6 Å². The lowest BCUT2D eigenvalue weighted by atomic mass is 9.82. The van der Waals surface area contributed by atoms with Gasteiger partial charge in [-0.1, -0.05) is 0 Å². The number of urea groups is 1. The van der Waals surface area contributed by atoms with Gasteiger partial charge >= 0.3 is 6.03 Å². The Kier molecular flexibility index (Phi) is 4.49. The van der Waals surface area contributed by atoms with Crippen LogP contribution in [0.15, 0.2) is 24.5 Å². The Morgan fingerprint density at radius 1 is 1.23 bits per heavy atom. The average Bonchev–Trinajstić information content (AvgIpc) is 3.51. The van der Waals surface area contributed by atoms with Gasteiger partial charge in [-0.25, -0.2) is 9.78 Å². The standard InChI is InChI=1S/C22H28N8O/c1-4-24-21(31)29-7-5-22(13-29)6-8-30-19(22)10-18(27-30)15-9-16(20(23)25-11-15)17-12-26-28(3)14(17)2/h9-12H,4-8,13H2,1-3H3,(H2,23,25)(H,24,31). The smallest absolute Gasteiger partial charge is 0.317 e. The van der Waals surface area contributed by atoms with E-state index < -0.39 is 0 Å². The highest BCUT2D eigenvalue weighted by Crippen LogP contribution is 2.44. The molecule has 2 aliphatic rings. The second-order valence-corrected chi connectivity index (χ2v) is 8.60. The molecule has 31 heavy (non-hydrogen) atoms. The maximum absolute atomic E-state index is 12.3. The molecule has 3 N–H and O–H groups in total. The fourth-order valence-electron chi connectivity index (χ4n) is 4.92. The van der Waals surface area contributed by atoms with Crippen molar-refractivity contribution in [2.75, 3.05) is 25.4 Å². The molecule has 5 heterocycles. The van der Waals surface area contributed by atoms with E-state index in [0.29, 0.717) is 12.4 Å². The van der Waals surface area contributed by atoms with Crippen molar-refractivity contribution in [3.8, 4) is 22.4 Å². The van der Waals surface area contributed by atoms with Crippen molar-refractivity contribution in [1.82, 2.24) is 34.8 Å². The predicted octanol–water partition coefficient (Wildman–Crippen LogP) is 2.31. The van der Waals surface area contributed by atoms with E-state index in [9.17, 15) is 4.79 Å². The molecule has 1 unspecified atom stereocenters. The van der Waals surface area contributed by atoms with Crippen LogP contribution in [0.25, 0.3) is 22.4 Å². The van der Waals surface area contributed by atoms with E-state index >= 15 is 0 Å². The predicted molar refractivity (Wildman–Crippen MR) is 118 cm³/mol. The number of hydrogen-bond donors (Lipinski definition) is 2. The summed E-state index contributed by atoms with van der Waals surface area (Å²) < 4.78 is 3.93. The molecule has 0 saturated carbocycles. The molecule has 0 aliphatic carbocycles. The summed E-state index contributed by atoms with van der Waals surface area (Å²) in [4.78, 5) is 18.7. The molecule has 1 fully saturated rings. The normalized spacial score (nSPS) is 19.9. The van der Waals surface area contributed by atoms with E-state index in [4.69, 9.17) is 10.8 Å². The number of hydrogen-bond acceptors (Lipinski definition) is 5. The number of nitrogens with zero attached hydrogens (tertiary/aromatic N) is 6. The molecule has 0 radical (unpaired) electrons. The van der Waals surface area contributed by atoms with Crippen LogP contribution >= 0.6 is 0 Å². The third-order valence-corrected chi connectivity index (χ3v) is 6.83. The van der Waals surface area contributed by atoms with Crippen molar-refractivity contribution >= 4 is 11.8 Å². The number of pyridine rings is 1. The number of aromatic nitrogens is 5. The van der Waals surface area contributed by atoms with Gasteiger partial charge in [0.2, 0.25) is 0 Å². The fraction of sp³-hybridized carbons (Fsp3) is 0.455. The largest absolute Gasteiger partial charge is 0.383 e. The van der Waals surface area contributed by atoms with E-state index in [1.165, 1.54) is 5.69 Å². The molecule has 162 valence electrons. The van der Waals surface area contributed by atoms with Gasteiger partial charge in [0.15, 0.2) is 0 Å². The highest BCUT2D eigenvalue weighted by molar-refractivity contribution is 5.79. The lowest BCUT2D eigenvalue weighted by Gasteiger charge is -2.23. The Morgan fingerprint density at radius 3 is 2.77 bits per heavy atom. The minimum absolute atomic E-state index is 0.0136. The molecule has 9 heteroatoms. The second kappa shape index (κ2) is 7.11. The number of aryl methyl sites for hydroxylation is 2. The number of anilines is 1. The lowest BCUT2D eigenvalue weighted by molar-refractivity contribution is 0.206. The summed E-state index contributed by atoms with van der Waals surface area (Å²) in [6.45, 7) is 7.00. The van der Waals surface area contributed by atoms with Gasteiger partial charge < -0.3 is 16.0 Å². The maximum Gasteiger partial charge on any atom is 0.317 e. The minimum atomic E-state index is -0.0136. The highest BCUT2D eigenvalue weighted by atomic mass is 16.2. The number of carbonyl (C=O) groups excluding carboxylic acids is 1. The van der Waals surface area contributed by atoms with Crippen LogP contribution in [-0.2, 0) is 19.0 Å². The van der Waals surface area contributed by atoms with E-state index in [2.05, 4.69) is 26.1 Å². The quantitative estimate of drug-likeness (QED) is 0.676. The Balaban J connectivity index is 1.47. The van der Waals surface area contributed by atoms with Crippen molar-refractivity contribution in [2.24, 2.45) is 7.05 Å². The molecular weight excluding hydrogens is 392 g/mol. The van der Waals surface area contributed by atoms with E-state index in [1.54, 1.807) is 6.20 Å². The first kappa shape index (κ1) is 19.6. The molecule has 3 aromatic heterocycles. The summed E-state index contributed by atoms with van der Waals surface area (Å²) in [7, 11) is 1.91. The van der Waals surface area contributed by atoms with Crippen LogP contribution in [0.3, 0.4) is 0 Å². The number of nitrogen functional groups attached to an aromatic ring is 1. The highest BCUT2D eigenvalue weighted by Gasteiger charge is 2.46. The third-order valence-electron chi connectivity index (χ3n) is 6.83. The van der Waals surface area contributed by atoms with Crippen LogP contribution < -0.4 is 11.1 Å². The molecule has 0 aromatic carbocycles. The van der Waals surface area contributed by atoms with Crippen LogP contribution in [0, 0.1) is 6.92 Å². The molecule has 2 aliphatic heterocycles. The maximum atomic E-state index is 12.3. The van der Waals surface area contributed by atoms with Gasteiger partial charge in [0.1, 0.15) is 5.82 Å². The van der Waals surface area contributed by atoms with Gasteiger partial charge in [0.25, 0.3) is 0 Å². The zero-order valence-corrected chi connectivity index (χ0v) is 18.2. The van der Waals surface area contributed by atoms with Crippen LogP contribution in [0.1, 0.15) is 31.2 Å². The number of nitrogens with two attached hydrogens (primary N) is 1. The first-order valence-corrected chi connectivity index (χ1v) is 10.8. The summed E-state index contributed by atoms with van der Waals surface area (Å²) in [6, 6.07) is 4.24. The van der Waals surface area contributed by atoms with E-state index in [-0.39, 0.29) is 11.4 Å². The number of likely N-dealkylation sites (tertiary alicyclic amines) is 1. The first-order valence-electron chi connectivity index (χ1n) is 10.8. The third kappa shape index (κ3) is 3.07. The van der Waals surface area contributed by atoms with Crippen molar-refractivity contribution in [3.05, 3.63) is 35.9 Å². The zero-order chi connectivity index (χ0) is 21.8. The van der Waals surface area contributed by atoms with Crippen LogP contribution in [-0.4, -0.2) is 55.1 Å². The Labute approximate surface area is 181 Å². The second-order valence-electron chi connectivity index (χ2n) is 8.60. The summed E-state index contributed by atoms with van der Waals surface area (Å²) in [5.41, 5.74) is 12.1. The van der Waals surface area contributed by atoms with Gasteiger partial charge in [-0.05, 0) is 38.8 Å². The average molecular weight is 421 g/mol. The molecule has 1 atom stereocenters. The van der Waals surface area contributed by atoms with Crippen LogP contribution in [0.5, 0.6) is 0 Å². The van der Waals surface area contributed by atoms with E-state index in [1.807, 2.05) is 42.7 Å². The fourth-order valence-corrected chi connectivity index (χ4v) is 4.92. The number of nitrogens with one attached hydrogen (secondary N) is 1. The van der Waals surface area contributed by atoms with Gasteiger partial charge in [-0.3, -0.25) is 9.36 Å². The zero-order valence-electron chi connectivity index (χ0n) is 18.2. The number of fused-ring (bicyclic) bond motifs is 2. The van der Waals surface area contributed by atoms with Crippen LogP contribution in [0.2, 0.25) is 0 Å². The SMILES string of the molecule is CCNC(=O)N1CCC2(CCn3nc(-c4cnc(N)c(-c5cnn(C)c5C)c4)cc32)C1.